The summed E-state index contributed by atoms with van der Waals surface area (Å²) in [5.74, 6) is -1.73. The first kappa shape index (κ1) is 33.0. The number of nitrogens with zero attached hydrogens (tertiary/aromatic N) is 3. The fourth-order valence-corrected chi connectivity index (χ4v) is 5.92. The Hall–Kier alpha value is -1.94. The first-order valence-electron chi connectivity index (χ1n) is 14.7. The van der Waals surface area contributed by atoms with Gasteiger partial charge in [-0.15, -0.1) is 12.4 Å². The molecule has 2 amide bonds. The van der Waals surface area contributed by atoms with E-state index in [-0.39, 0.29) is 36.4 Å². The number of rotatable bonds is 12. The Morgan fingerprint density at radius 1 is 0.857 bits per heavy atom. The van der Waals surface area contributed by atoms with Gasteiger partial charge in [0.05, 0.1) is 62.0 Å². The number of benzene rings is 1. The van der Waals surface area contributed by atoms with Gasteiger partial charge in [0, 0.05) is 32.7 Å². The van der Waals surface area contributed by atoms with E-state index in [1.807, 2.05) is 4.90 Å². The maximum atomic E-state index is 15.1. The summed E-state index contributed by atoms with van der Waals surface area (Å²) in [7, 11) is 0. The normalized spacial score (nSPS) is 25.5. The highest BCUT2D eigenvalue weighted by Gasteiger charge is 2.45. The zero-order valence-corrected chi connectivity index (χ0v) is 24.7. The van der Waals surface area contributed by atoms with Crippen LogP contribution in [0.2, 0.25) is 0 Å². The molecule has 0 bridgehead atoms. The van der Waals surface area contributed by atoms with Crippen LogP contribution < -0.4 is 15.5 Å². The third-order valence-electron chi connectivity index (χ3n) is 8.28. The van der Waals surface area contributed by atoms with Crippen LogP contribution in [0.1, 0.15) is 46.4 Å². The van der Waals surface area contributed by atoms with Crippen molar-refractivity contribution in [2.24, 2.45) is 0 Å². The zero-order valence-electron chi connectivity index (χ0n) is 23.8. The number of carbonyl (C=O) groups excluding carboxylic acids is 2. The molecular formula is C28H43ClFN5O7. The van der Waals surface area contributed by atoms with Gasteiger partial charge < -0.3 is 34.6 Å². The van der Waals surface area contributed by atoms with Gasteiger partial charge in [0.1, 0.15) is 18.3 Å². The van der Waals surface area contributed by atoms with Crippen LogP contribution in [0.4, 0.5) is 10.1 Å². The van der Waals surface area contributed by atoms with Crippen molar-refractivity contribution >= 4 is 29.9 Å². The maximum absolute atomic E-state index is 15.1. The van der Waals surface area contributed by atoms with Crippen LogP contribution >= 0.6 is 12.4 Å². The van der Waals surface area contributed by atoms with Gasteiger partial charge in [-0.3, -0.25) is 24.7 Å². The molecule has 3 atom stereocenters. The number of aliphatic hydroxyl groups excluding tert-OH is 2. The number of piperidine rings is 2. The van der Waals surface area contributed by atoms with E-state index in [9.17, 15) is 19.8 Å². The van der Waals surface area contributed by atoms with Crippen LogP contribution in [0, 0.1) is 5.82 Å². The van der Waals surface area contributed by atoms with E-state index in [2.05, 4.69) is 15.5 Å². The molecule has 3 fully saturated rings. The van der Waals surface area contributed by atoms with Crippen molar-refractivity contribution in [1.82, 2.24) is 20.4 Å². The number of halogens is 2. The summed E-state index contributed by atoms with van der Waals surface area (Å²) >= 11 is 0. The van der Waals surface area contributed by atoms with Crippen LogP contribution in [0.15, 0.2) is 12.1 Å². The van der Waals surface area contributed by atoms with Crippen LogP contribution in [-0.2, 0) is 14.2 Å². The van der Waals surface area contributed by atoms with Crippen molar-refractivity contribution in [2.75, 3.05) is 83.7 Å². The lowest BCUT2D eigenvalue weighted by molar-refractivity contribution is -0.0413. The molecule has 4 aliphatic rings. The Morgan fingerprint density at radius 2 is 1.50 bits per heavy atom. The quantitative estimate of drug-likeness (QED) is 0.189. The van der Waals surface area contributed by atoms with Gasteiger partial charge in [-0.2, -0.15) is 0 Å². The van der Waals surface area contributed by atoms with Crippen LogP contribution in [0.25, 0.3) is 0 Å². The Balaban J connectivity index is 0.00000405. The van der Waals surface area contributed by atoms with E-state index in [1.54, 1.807) is 0 Å². The van der Waals surface area contributed by atoms with Gasteiger partial charge in [0.15, 0.2) is 0 Å². The van der Waals surface area contributed by atoms with Gasteiger partial charge in [0.25, 0.3) is 11.8 Å². The number of hydrogen-bond acceptors (Lipinski definition) is 11. The molecule has 0 aromatic heterocycles. The Labute approximate surface area is 251 Å². The summed E-state index contributed by atoms with van der Waals surface area (Å²) in [4.78, 5) is 31.3. The number of piperazine rings is 1. The number of anilines is 1. The van der Waals surface area contributed by atoms with Gasteiger partial charge in [-0.1, -0.05) is 0 Å². The fraction of sp³-hybridized carbons (Fsp3) is 0.714. The van der Waals surface area contributed by atoms with E-state index in [0.29, 0.717) is 71.0 Å². The van der Waals surface area contributed by atoms with Crippen LogP contribution in [0.5, 0.6) is 0 Å². The maximum Gasteiger partial charge on any atom is 0.262 e. The van der Waals surface area contributed by atoms with E-state index in [1.165, 1.54) is 6.07 Å². The van der Waals surface area contributed by atoms with Crippen molar-refractivity contribution < 1.29 is 38.4 Å². The summed E-state index contributed by atoms with van der Waals surface area (Å²) < 4.78 is 32.3. The Kier molecular flexibility index (Phi) is 12.3. The van der Waals surface area contributed by atoms with Crippen molar-refractivity contribution in [3.05, 3.63) is 29.1 Å². The number of hydrogen-bond donors (Lipinski definition) is 4. The molecule has 0 radical (unpaired) electrons. The van der Waals surface area contributed by atoms with Crippen LogP contribution in [-0.4, -0.2) is 135 Å². The predicted octanol–water partition coefficient (Wildman–Crippen LogP) is 0.156. The number of nitrogens with one attached hydrogen (secondary N) is 2. The van der Waals surface area contributed by atoms with Crippen molar-refractivity contribution in [2.45, 2.75) is 50.3 Å². The van der Waals surface area contributed by atoms with Crippen molar-refractivity contribution in [3.8, 4) is 0 Å². The highest BCUT2D eigenvalue weighted by atomic mass is 35.5. The number of carbonyl (C=O) groups is 2. The average Bonchev–Trinajstić information content (AvgIpc) is 3.21. The summed E-state index contributed by atoms with van der Waals surface area (Å²) in [6.07, 6.45) is 0.822. The second-order valence-corrected chi connectivity index (χ2v) is 11.0. The number of ether oxygens (including phenoxy) is 3. The highest BCUT2D eigenvalue weighted by molar-refractivity contribution is 6.22. The molecule has 5 rings (SSSR count). The molecule has 3 saturated heterocycles. The summed E-state index contributed by atoms with van der Waals surface area (Å²) in [5, 5.41) is 25.9. The fourth-order valence-electron chi connectivity index (χ4n) is 5.92. The highest BCUT2D eigenvalue weighted by Crippen LogP contribution is 2.33. The Morgan fingerprint density at radius 3 is 2.19 bits per heavy atom. The lowest BCUT2D eigenvalue weighted by Gasteiger charge is -2.36. The van der Waals surface area contributed by atoms with E-state index in [0.717, 1.165) is 43.4 Å². The zero-order chi connectivity index (χ0) is 28.8. The van der Waals surface area contributed by atoms with Crippen molar-refractivity contribution in [3.63, 3.8) is 0 Å². The number of amides is 2. The molecule has 4 N–H and O–H groups in total. The molecule has 42 heavy (non-hydrogen) atoms. The third-order valence-corrected chi connectivity index (χ3v) is 8.28. The van der Waals surface area contributed by atoms with Crippen molar-refractivity contribution in [1.29, 1.82) is 0 Å². The van der Waals surface area contributed by atoms with E-state index >= 15 is 4.39 Å². The predicted molar refractivity (Wildman–Crippen MR) is 154 cm³/mol. The molecule has 0 saturated carbocycles. The molecule has 4 aliphatic heterocycles. The second-order valence-electron chi connectivity index (χ2n) is 11.0. The molecular weight excluding hydrogens is 573 g/mol. The first-order chi connectivity index (χ1) is 19.9. The summed E-state index contributed by atoms with van der Waals surface area (Å²) in [6, 6.07) is 1.76. The van der Waals surface area contributed by atoms with Gasteiger partial charge >= 0.3 is 0 Å². The van der Waals surface area contributed by atoms with E-state index < -0.39 is 36.1 Å². The minimum Gasteiger partial charge on any atom is -0.379 e. The third kappa shape index (κ3) is 7.96. The average molecular weight is 616 g/mol. The molecule has 14 heteroatoms. The number of aliphatic hydroxyl groups is 2. The molecule has 4 heterocycles. The minimum atomic E-state index is -1.25. The minimum absolute atomic E-state index is 0. The number of fused-ring (bicyclic) bond motifs is 1. The van der Waals surface area contributed by atoms with Crippen LogP contribution in [0.3, 0.4) is 0 Å². The second kappa shape index (κ2) is 15.7. The molecule has 12 nitrogen and oxygen atoms in total. The molecule has 1 aromatic rings. The Bertz CT molecular complexity index is 1060. The van der Waals surface area contributed by atoms with E-state index in [4.69, 9.17) is 14.2 Å². The SMILES string of the molecule is Cl.O=C1c2cc(F)c(N3CCN(CCOCCOCCOC4CCNCC4)CC3)cc2C(=O)N1C1CCC(O)NC1O. The summed E-state index contributed by atoms with van der Waals surface area (Å²) in [6.45, 7) is 8.16. The van der Waals surface area contributed by atoms with Gasteiger partial charge in [0.2, 0.25) is 0 Å². The van der Waals surface area contributed by atoms with Gasteiger partial charge in [-0.25, -0.2) is 4.39 Å². The molecule has 3 unspecified atom stereocenters. The largest absolute Gasteiger partial charge is 0.379 e. The summed E-state index contributed by atoms with van der Waals surface area (Å²) in [5.41, 5.74) is 0.436. The molecule has 0 aliphatic carbocycles. The monoisotopic (exact) mass is 615 g/mol. The lowest BCUT2D eigenvalue weighted by Crippen LogP contribution is -2.58. The smallest absolute Gasteiger partial charge is 0.262 e. The molecule has 0 spiro atoms. The first-order valence-corrected chi connectivity index (χ1v) is 14.7. The topological polar surface area (TPSA) is 136 Å². The standard InChI is InChI=1S/C28H42FN5O7.ClH/c29-22-17-20-21(28(38)34(27(20)37)23-1-2-25(35)31-26(23)36)18-24(22)33-9-7-32(8-10-33)11-12-39-13-14-40-15-16-41-19-3-5-30-6-4-19;/h17-19,23,25-26,30-31,35-36H,1-16H2;1H. The number of imide groups is 1. The lowest BCUT2D eigenvalue weighted by atomic mass is 10.0. The van der Waals surface area contributed by atoms with Gasteiger partial charge in [-0.05, 0) is 50.9 Å². The molecule has 1 aromatic carbocycles. The molecule has 236 valence electrons.